The summed E-state index contributed by atoms with van der Waals surface area (Å²) in [6.07, 6.45) is 1.72. The van der Waals surface area contributed by atoms with E-state index in [1.54, 1.807) is 18.0 Å². The molecule has 1 aromatic carbocycles. The van der Waals surface area contributed by atoms with Crippen LogP contribution in [0, 0.1) is 6.92 Å². The highest BCUT2D eigenvalue weighted by Gasteiger charge is 2.27. The van der Waals surface area contributed by atoms with Crippen molar-refractivity contribution in [3.8, 4) is 5.69 Å². The number of carbonyl (C=O) groups excluding carboxylic acids is 1. The zero-order valence-corrected chi connectivity index (χ0v) is 16.1. The van der Waals surface area contributed by atoms with Crippen LogP contribution in [0.1, 0.15) is 41.3 Å². The fourth-order valence-electron chi connectivity index (χ4n) is 3.41. The number of pyridine rings is 1. The molecule has 6 heteroatoms. The summed E-state index contributed by atoms with van der Waals surface area (Å²) in [5.41, 5.74) is 2.46. The van der Waals surface area contributed by atoms with Crippen molar-refractivity contribution in [3.05, 3.63) is 63.6 Å². The first-order chi connectivity index (χ1) is 12.9. The number of benzene rings is 1. The number of hydrogen-bond acceptors (Lipinski definition) is 4. The highest BCUT2D eigenvalue weighted by molar-refractivity contribution is 5.95. The van der Waals surface area contributed by atoms with E-state index in [1.807, 2.05) is 30.3 Å². The van der Waals surface area contributed by atoms with Gasteiger partial charge in [0.2, 0.25) is 0 Å². The van der Waals surface area contributed by atoms with Gasteiger partial charge in [-0.25, -0.2) is 0 Å². The SMILES string of the molecule is Cc1ccn(-c2cccc(C(C)C)c2)c(=O)c1C(=O)N1CCNC(CO)C1. The maximum atomic E-state index is 13.2. The molecule has 2 heterocycles. The number of piperazine rings is 1. The third kappa shape index (κ3) is 3.96. The van der Waals surface area contributed by atoms with Crippen molar-refractivity contribution < 1.29 is 9.90 Å². The number of aryl methyl sites for hydroxylation is 1. The quantitative estimate of drug-likeness (QED) is 0.860. The lowest BCUT2D eigenvalue weighted by molar-refractivity contribution is 0.0668. The smallest absolute Gasteiger partial charge is 0.268 e. The number of aliphatic hydroxyl groups is 1. The van der Waals surface area contributed by atoms with Gasteiger partial charge < -0.3 is 15.3 Å². The van der Waals surface area contributed by atoms with Gasteiger partial charge in [-0.2, -0.15) is 0 Å². The molecule has 0 spiro atoms. The molecule has 1 aliphatic rings. The molecule has 0 aliphatic carbocycles. The fourth-order valence-corrected chi connectivity index (χ4v) is 3.41. The van der Waals surface area contributed by atoms with E-state index in [-0.39, 0.29) is 29.7 Å². The molecule has 1 amide bonds. The van der Waals surface area contributed by atoms with Gasteiger partial charge in [0.15, 0.2) is 0 Å². The molecule has 3 rings (SSSR count). The first-order valence-corrected chi connectivity index (χ1v) is 9.38. The van der Waals surface area contributed by atoms with Gasteiger partial charge in [0.25, 0.3) is 11.5 Å². The van der Waals surface area contributed by atoms with E-state index in [0.29, 0.717) is 31.1 Å². The van der Waals surface area contributed by atoms with Crippen LogP contribution in [0.3, 0.4) is 0 Å². The number of hydrogen-bond donors (Lipinski definition) is 2. The minimum absolute atomic E-state index is 0.0379. The molecule has 0 saturated carbocycles. The highest BCUT2D eigenvalue weighted by Crippen LogP contribution is 2.18. The zero-order chi connectivity index (χ0) is 19.6. The predicted molar refractivity (Wildman–Crippen MR) is 106 cm³/mol. The number of nitrogens with one attached hydrogen (secondary N) is 1. The molecule has 27 heavy (non-hydrogen) atoms. The Morgan fingerprint density at radius 3 is 2.81 bits per heavy atom. The molecule has 0 bridgehead atoms. The Labute approximate surface area is 159 Å². The molecule has 144 valence electrons. The normalized spacial score (nSPS) is 17.4. The average molecular weight is 369 g/mol. The Kier molecular flexibility index (Phi) is 5.77. The van der Waals surface area contributed by atoms with Crippen LogP contribution in [0.25, 0.3) is 5.69 Å². The van der Waals surface area contributed by atoms with Crippen molar-refractivity contribution in [1.29, 1.82) is 0 Å². The molecule has 1 unspecified atom stereocenters. The van der Waals surface area contributed by atoms with Gasteiger partial charge in [-0.1, -0.05) is 26.0 Å². The number of aromatic nitrogens is 1. The van der Waals surface area contributed by atoms with Crippen LogP contribution < -0.4 is 10.9 Å². The van der Waals surface area contributed by atoms with E-state index in [2.05, 4.69) is 19.2 Å². The van der Waals surface area contributed by atoms with E-state index in [9.17, 15) is 14.7 Å². The highest BCUT2D eigenvalue weighted by atomic mass is 16.3. The van der Waals surface area contributed by atoms with Crippen molar-refractivity contribution >= 4 is 5.91 Å². The molecule has 1 saturated heterocycles. The monoisotopic (exact) mass is 369 g/mol. The molecular weight excluding hydrogens is 342 g/mol. The largest absolute Gasteiger partial charge is 0.395 e. The Morgan fingerprint density at radius 1 is 1.33 bits per heavy atom. The van der Waals surface area contributed by atoms with E-state index in [1.165, 1.54) is 4.57 Å². The van der Waals surface area contributed by atoms with E-state index < -0.39 is 0 Å². The Bertz CT molecular complexity index is 888. The van der Waals surface area contributed by atoms with E-state index in [0.717, 1.165) is 11.3 Å². The van der Waals surface area contributed by atoms with Crippen molar-refractivity contribution in [2.45, 2.75) is 32.7 Å². The predicted octanol–water partition coefficient (Wildman–Crippen LogP) is 1.68. The molecule has 6 nitrogen and oxygen atoms in total. The van der Waals surface area contributed by atoms with E-state index in [4.69, 9.17) is 0 Å². The first-order valence-electron chi connectivity index (χ1n) is 9.38. The Hall–Kier alpha value is -2.44. The summed E-state index contributed by atoms with van der Waals surface area (Å²) in [4.78, 5) is 27.9. The molecule has 2 N–H and O–H groups in total. The topological polar surface area (TPSA) is 74.6 Å². The number of aliphatic hydroxyl groups excluding tert-OH is 1. The summed E-state index contributed by atoms with van der Waals surface area (Å²) in [5.74, 6) is 0.0790. The maximum Gasteiger partial charge on any atom is 0.268 e. The second kappa shape index (κ2) is 8.06. The summed E-state index contributed by atoms with van der Waals surface area (Å²) in [6, 6.07) is 9.49. The van der Waals surface area contributed by atoms with Gasteiger partial charge in [-0.3, -0.25) is 14.2 Å². The number of amides is 1. The maximum absolute atomic E-state index is 13.2. The lowest BCUT2D eigenvalue weighted by atomic mass is 10.0. The first kappa shape index (κ1) is 19.3. The van der Waals surface area contributed by atoms with Crippen molar-refractivity contribution in [2.75, 3.05) is 26.2 Å². The van der Waals surface area contributed by atoms with Gasteiger partial charge >= 0.3 is 0 Å². The molecule has 1 atom stereocenters. The van der Waals surface area contributed by atoms with Crippen molar-refractivity contribution in [3.63, 3.8) is 0 Å². The van der Waals surface area contributed by atoms with Crippen LogP contribution in [-0.2, 0) is 0 Å². The lowest BCUT2D eigenvalue weighted by Crippen LogP contribution is -2.54. The summed E-state index contributed by atoms with van der Waals surface area (Å²) in [5, 5.41) is 12.5. The second-order valence-corrected chi connectivity index (χ2v) is 7.38. The molecule has 1 aliphatic heterocycles. The van der Waals surface area contributed by atoms with Gasteiger partial charge in [-0.15, -0.1) is 0 Å². The fraction of sp³-hybridized carbons (Fsp3) is 0.429. The van der Waals surface area contributed by atoms with Crippen LogP contribution in [-0.4, -0.2) is 52.8 Å². The third-order valence-electron chi connectivity index (χ3n) is 5.09. The molecule has 1 fully saturated rings. The van der Waals surface area contributed by atoms with Crippen LogP contribution >= 0.6 is 0 Å². The summed E-state index contributed by atoms with van der Waals surface area (Å²) in [6.45, 7) is 7.48. The molecular formula is C21H27N3O3. The molecule has 1 aromatic heterocycles. The Morgan fingerprint density at radius 2 is 2.11 bits per heavy atom. The minimum Gasteiger partial charge on any atom is -0.395 e. The van der Waals surface area contributed by atoms with Gasteiger partial charge in [0.1, 0.15) is 5.56 Å². The summed E-state index contributed by atoms with van der Waals surface area (Å²) in [7, 11) is 0. The van der Waals surface area contributed by atoms with Crippen LogP contribution in [0.5, 0.6) is 0 Å². The second-order valence-electron chi connectivity index (χ2n) is 7.38. The van der Waals surface area contributed by atoms with Crippen LogP contribution in [0.2, 0.25) is 0 Å². The molecule has 0 radical (unpaired) electrons. The minimum atomic E-state index is -0.306. The molecule has 2 aromatic rings. The Balaban J connectivity index is 2.00. The van der Waals surface area contributed by atoms with Crippen molar-refractivity contribution in [2.24, 2.45) is 0 Å². The number of nitrogens with zero attached hydrogens (tertiary/aromatic N) is 2. The third-order valence-corrected chi connectivity index (χ3v) is 5.09. The summed E-state index contributed by atoms with van der Waals surface area (Å²) < 4.78 is 1.54. The van der Waals surface area contributed by atoms with E-state index >= 15 is 0 Å². The van der Waals surface area contributed by atoms with Gasteiger partial charge in [0, 0.05) is 37.6 Å². The van der Waals surface area contributed by atoms with Crippen molar-refractivity contribution in [1.82, 2.24) is 14.8 Å². The van der Waals surface area contributed by atoms with Gasteiger partial charge in [-0.05, 0) is 42.2 Å². The van der Waals surface area contributed by atoms with Crippen LogP contribution in [0.4, 0.5) is 0 Å². The number of carbonyl (C=O) groups is 1. The lowest BCUT2D eigenvalue weighted by Gasteiger charge is -2.33. The number of rotatable bonds is 4. The van der Waals surface area contributed by atoms with Gasteiger partial charge in [0.05, 0.1) is 6.61 Å². The standard InChI is InChI=1S/C21H27N3O3/c1-14(2)16-5-4-6-18(11-16)24-9-7-15(3)19(21(24)27)20(26)23-10-8-22-17(12-23)13-25/h4-7,9,11,14,17,22,25H,8,10,12-13H2,1-3H3. The van der Waals surface area contributed by atoms with Crippen LogP contribution in [0.15, 0.2) is 41.3 Å². The average Bonchev–Trinajstić information content (AvgIpc) is 2.68. The zero-order valence-electron chi connectivity index (χ0n) is 16.1. The summed E-state index contributed by atoms with van der Waals surface area (Å²) >= 11 is 0.